The number of hydrogen-bond acceptors (Lipinski definition) is 3. The minimum absolute atomic E-state index is 0.343. The van der Waals surface area contributed by atoms with Crippen LogP contribution in [0.2, 0.25) is 0 Å². The SMILES string of the molecule is N#Cc1ccc(NC(c2ccccc2)C2CC2)cn1. The summed E-state index contributed by atoms with van der Waals surface area (Å²) < 4.78 is 0. The fourth-order valence-corrected chi connectivity index (χ4v) is 2.29. The van der Waals surface area contributed by atoms with Gasteiger partial charge in [-0.05, 0) is 36.5 Å². The fraction of sp³-hybridized carbons (Fsp3) is 0.250. The van der Waals surface area contributed by atoms with Crippen molar-refractivity contribution in [1.82, 2.24) is 4.98 Å². The average molecular weight is 249 g/mol. The summed E-state index contributed by atoms with van der Waals surface area (Å²) in [7, 11) is 0. The summed E-state index contributed by atoms with van der Waals surface area (Å²) in [6, 6.07) is 16.6. The van der Waals surface area contributed by atoms with Crippen molar-refractivity contribution in [3.8, 4) is 6.07 Å². The first-order chi connectivity index (χ1) is 9.36. The second-order valence-corrected chi connectivity index (χ2v) is 4.91. The molecule has 1 heterocycles. The van der Waals surface area contributed by atoms with Crippen molar-refractivity contribution >= 4 is 5.69 Å². The van der Waals surface area contributed by atoms with Gasteiger partial charge in [-0.25, -0.2) is 4.98 Å². The van der Waals surface area contributed by atoms with Crippen LogP contribution in [-0.2, 0) is 0 Å². The molecule has 1 unspecified atom stereocenters. The number of pyridine rings is 1. The predicted octanol–water partition coefficient (Wildman–Crippen LogP) is 3.52. The van der Waals surface area contributed by atoms with E-state index < -0.39 is 0 Å². The number of nitrogens with zero attached hydrogens (tertiary/aromatic N) is 2. The highest BCUT2D eigenvalue weighted by Gasteiger charge is 2.32. The van der Waals surface area contributed by atoms with E-state index >= 15 is 0 Å². The van der Waals surface area contributed by atoms with Crippen LogP contribution in [0.1, 0.15) is 30.1 Å². The van der Waals surface area contributed by atoms with Crippen LogP contribution in [0.4, 0.5) is 5.69 Å². The Morgan fingerprint density at radius 3 is 2.53 bits per heavy atom. The number of rotatable bonds is 4. The van der Waals surface area contributed by atoms with Crippen molar-refractivity contribution in [3.05, 3.63) is 59.9 Å². The monoisotopic (exact) mass is 249 g/mol. The smallest absolute Gasteiger partial charge is 0.140 e. The van der Waals surface area contributed by atoms with Gasteiger partial charge in [0.1, 0.15) is 11.8 Å². The van der Waals surface area contributed by atoms with Gasteiger partial charge in [0.05, 0.1) is 17.9 Å². The molecule has 1 N–H and O–H groups in total. The minimum atomic E-state index is 0.343. The van der Waals surface area contributed by atoms with Crippen LogP contribution >= 0.6 is 0 Å². The molecular weight excluding hydrogens is 234 g/mol. The summed E-state index contributed by atoms with van der Waals surface area (Å²) in [5.41, 5.74) is 2.74. The van der Waals surface area contributed by atoms with Gasteiger partial charge in [0.15, 0.2) is 0 Å². The summed E-state index contributed by atoms with van der Waals surface area (Å²) >= 11 is 0. The third-order valence-electron chi connectivity index (χ3n) is 3.45. The van der Waals surface area contributed by atoms with E-state index in [0.717, 1.165) is 5.69 Å². The van der Waals surface area contributed by atoms with Crippen LogP contribution in [0.25, 0.3) is 0 Å². The highest BCUT2D eigenvalue weighted by molar-refractivity contribution is 5.45. The molecule has 0 amide bonds. The summed E-state index contributed by atoms with van der Waals surface area (Å²) in [5, 5.41) is 12.3. The van der Waals surface area contributed by atoms with E-state index in [1.54, 1.807) is 12.3 Å². The van der Waals surface area contributed by atoms with Gasteiger partial charge in [-0.15, -0.1) is 0 Å². The fourth-order valence-electron chi connectivity index (χ4n) is 2.29. The quantitative estimate of drug-likeness (QED) is 0.902. The third-order valence-corrected chi connectivity index (χ3v) is 3.45. The summed E-state index contributed by atoms with van der Waals surface area (Å²) in [6.45, 7) is 0. The van der Waals surface area contributed by atoms with Crippen LogP contribution in [0.5, 0.6) is 0 Å². The molecule has 0 saturated heterocycles. The molecule has 1 saturated carbocycles. The van der Waals surface area contributed by atoms with E-state index in [9.17, 15) is 0 Å². The van der Waals surface area contributed by atoms with Gasteiger partial charge < -0.3 is 5.32 Å². The lowest BCUT2D eigenvalue weighted by atomic mass is 10.0. The molecule has 1 fully saturated rings. The number of nitrogens with one attached hydrogen (secondary N) is 1. The van der Waals surface area contributed by atoms with E-state index in [0.29, 0.717) is 17.7 Å². The maximum absolute atomic E-state index is 8.75. The van der Waals surface area contributed by atoms with Crippen LogP contribution in [0, 0.1) is 17.2 Å². The molecule has 0 aliphatic heterocycles. The first-order valence-corrected chi connectivity index (χ1v) is 6.54. The van der Waals surface area contributed by atoms with E-state index in [4.69, 9.17) is 5.26 Å². The molecule has 0 radical (unpaired) electrons. The normalized spacial score (nSPS) is 15.5. The molecule has 1 aliphatic rings. The predicted molar refractivity (Wildman–Crippen MR) is 74.5 cm³/mol. The van der Waals surface area contributed by atoms with Gasteiger partial charge in [-0.3, -0.25) is 0 Å². The van der Waals surface area contributed by atoms with Gasteiger partial charge in [-0.1, -0.05) is 30.3 Å². The topological polar surface area (TPSA) is 48.7 Å². The van der Waals surface area contributed by atoms with Crippen molar-refractivity contribution < 1.29 is 0 Å². The lowest BCUT2D eigenvalue weighted by Crippen LogP contribution is -2.13. The van der Waals surface area contributed by atoms with E-state index in [2.05, 4.69) is 34.6 Å². The zero-order valence-corrected chi connectivity index (χ0v) is 10.6. The van der Waals surface area contributed by atoms with Crippen LogP contribution in [0.3, 0.4) is 0 Å². The maximum atomic E-state index is 8.75. The van der Waals surface area contributed by atoms with Gasteiger partial charge >= 0.3 is 0 Å². The number of benzene rings is 1. The van der Waals surface area contributed by atoms with Gasteiger partial charge in [0.2, 0.25) is 0 Å². The first-order valence-electron chi connectivity index (χ1n) is 6.54. The van der Waals surface area contributed by atoms with Crippen molar-refractivity contribution in [1.29, 1.82) is 5.26 Å². The molecule has 2 aromatic rings. The lowest BCUT2D eigenvalue weighted by Gasteiger charge is -2.19. The molecule has 1 aliphatic carbocycles. The second-order valence-electron chi connectivity index (χ2n) is 4.91. The summed E-state index contributed by atoms with van der Waals surface area (Å²) in [6.07, 6.45) is 4.28. The molecule has 19 heavy (non-hydrogen) atoms. The van der Waals surface area contributed by atoms with Crippen LogP contribution in [-0.4, -0.2) is 4.98 Å². The average Bonchev–Trinajstić information content (AvgIpc) is 3.31. The Bertz CT molecular complexity index is 580. The zero-order chi connectivity index (χ0) is 13.1. The standard InChI is InChI=1S/C16H15N3/c17-10-14-8-9-15(11-18-14)19-16(13-6-7-13)12-4-2-1-3-5-12/h1-5,8-9,11,13,16,19H,6-7H2. The van der Waals surface area contributed by atoms with Crippen molar-refractivity contribution in [2.75, 3.05) is 5.32 Å². The Labute approximate surface area is 112 Å². The summed E-state index contributed by atoms with van der Waals surface area (Å²) in [4.78, 5) is 4.10. The molecular formula is C16H15N3. The number of hydrogen-bond donors (Lipinski definition) is 1. The molecule has 1 aromatic carbocycles. The molecule has 3 rings (SSSR count). The van der Waals surface area contributed by atoms with Crippen LogP contribution in [0.15, 0.2) is 48.7 Å². The number of aromatic nitrogens is 1. The Morgan fingerprint density at radius 2 is 1.95 bits per heavy atom. The maximum Gasteiger partial charge on any atom is 0.140 e. The first kappa shape index (κ1) is 11.7. The number of anilines is 1. The number of nitriles is 1. The highest BCUT2D eigenvalue weighted by atomic mass is 14.9. The molecule has 0 spiro atoms. The van der Waals surface area contributed by atoms with Crippen molar-refractivity contribution in [3.63, 3.8) is 0 Å². The summed E-state index contributed by atoms with van der Waals surface area (Å²) in [5.74, 6) is 0.707. The van der Waals surface area contributed by atoms with Crippen molar-refractivity contribution in [2.45, 2.75) is 18.9 Å². The molecule has 3 heteroatoms. The zero-order valence-electron chi connectivity index (χ0n) is 10.6. The van der Waals surface area contributed by atoms with Gasteiger partial charge in [0.25, 0.3) is 0 Å². The van der Waals surface area contributed by atoms with E-state index in [-0.39, 0.29) is 0 Å². The minimum Gasteiger partial charge on any atom is -0.377 e. The Morgan fingerprint density at radius 1 is 1.16 bits per heavy atom. The van der Waals surface area contributed by atoms with Crippen molar-refractivity contribution in [2.24, 2.45) is 5.92 Å². The molecule has 94 valence electrons. The second kappa shape index (κ2) is 5.11. The Hall–Kier alpha value is -2.34. The largest absolute Gasteiger partial charge is 0.377 e. The van der Waals surface area contributed by atoms with Gasteiger partial charge in [0, 0.05) is 0 Å². The molecule has 3 nitrogen and oxygen atoms in total. The molecule has 1 atom stereocenters. The lowest BCUT2D eigenvalue weighted by molar-refractivity contribution is 0.678. The third kappa shape index (κ3) is 2.74. The Kier molecular flexibility index (Phi) is 3.16. The van der Waals surface area contributed by atoms with Gasteiger partial charge in [-0.2, -0.15) is 5.26 Å². The Balaban J connectivity index is 1.80. The highest BCUT2D eigenvalue weighted by Crippen LogP contribution is 2.42. The molecule has 1 aromatic heterocycles. The molecule has 0 bridgehead atoms. The van der Waals surface area contributed by atoms with E-state index in [1.807, 2.05) is 18.2 Å². The van der Waals surface area contributed by atoms with E-state index in [1.165, 1.54) is 18.4 Å². The van der Waals surface area contributed by atoms with Crippen LogP contribution < -0.4 is 5.32 Å².